The van der Waals surface area contributed by atoms with E-state index >= 15 is 0 Å². The van der Waals surface area contributed by atoms with Crippen molar-refractivity contribution in [2.45, 2.75) is 0 Å². The molecule has 9 nitrogen and oxygen atoms in total. The summed E-state index contributed by atoms with van der Waals surface area (Å²) in [6, 6.07) is 17.3. The van der Waals surface area contributed by atoms with E-state index in [1.807, 2.05) is 0 Å². The number of rotatable bonds is 5. The van der Waals surface area contributed by atoms with Gasteiger partial charge in [0.05, 0.1) is 10.9 Å². The summed E-state index contributed by atoms with van der Waals surface area (Å²) in [6.45, 7) is 0. The first-order chi connectivity index (χ1) is 14.4. The topological polar surface area (TPSA) is 141 Å². The van der Waals surface area contributed by atoms with Crippen LogP contribution >= 0.6 is 0 Å². The molecule has 0 aliphatic heterocycles. The molecular formula is C21H14N3O6-. The number of amides is 2. The predicted octanol–water partition coefficient (Wildman–Crippen LogP) is 1.70. The smallest absolute Gasteiger partial charge is 0.270 e. The normalized spacial score (nSPS) is 10.1. The van der Waals surface area contributed by atoms with Crippen LogP contribution in [0.2, 0.25) is 0 Å². The van der Waals surface area contributed by atoms with Gasteiger partial charge in [-0.15, -0.1) is 0 Å². The van der Waals surface area contributed by atoms with E-state index in [0.29, 0.717) is 5.56 Å². The Morgan fingerprint density at radius 3 is 1.93 bits per heavy atom. The maximum atomic E-state index is 12.6. The second-order valence-electron chi connectivity index (χ2n) is 6.09. The molecule has 0 saturated carbocycles. The third kappa shape index (κ3) is 4.30. The van der Waals surface area contributed by atoms with Crippen LogP contribution in [0.4, 0.5) is 5.69 Å². The number of carboxylic acid groups (broad SMARTS) is 1. The lowest BCUT2D eigenvalue weighted by atomic mass is 9.95. The number of carbonyl (C=O) groups is 3. The average Bonchev–Trinajstić information content (AvgIpc) is 2.77. The molecule has 0 aromatic heterocycles. The van der Waals surface area contributed by atoms with E-state index in [9.17, 15) is 29.6 Å². The van der Waals surface area contributed by atoms with E-state index in [4.69, 9.17) is 0 Å². The SMILES string of the molecule is O=C(NNC(=O)c1ccccc1-c1ccccc1C(=O)[O-])c1cccc([N+](=O)[O-])c1. The molecule has 0 saturated heterocycles. The number of nitrogens with one attached hydrogen (secondary N) is 2. The van der Waals surface area contributed by atoms with Gasteiger partial charge in [-0.3, -0.25) is 30.6 Å². The molecule has 0 atom stereocenters. The highest BCUT2D eigenvalue weighted by Gasteiger charge is 2.17. The third-order valence-corrected chi connectivity index (χ3v) is 4.22. The first-order valence-corrected chi connectivity index (χ1v) is 8.63. The number of nitrogens with zero attached hydrogens (tertiary/aromatic N) is 1. The van der Waals surface area contributed by atoms with E-state index < -0.39 is 22.7 Å². The molecule has 2 N–H and O–H groups in total. The van der Waals surface area contributed by atoms with Crippen LogP contribution in [0.25, 0.3) is 11.1 Å². The van der Waals surface area contributed by atoms with Crippen LogP contribution in [-0.4, -0.2) is 22.7 Å². The van der Waals surface area contributed by atoms with E-state index in [0.717, 1.165) is 6.07 Å². The quantitative estimate of drug-likeness (QED) is 0.490. The minimum absolute atomic E-state index is 0.0138. The summed E-state index contributed by atoms with van der Waals surface area (Å²) in [5, 5.41) is 22.2. The molecule has 3 aromatic carbocycles. The fourth-order valence-corrected chi connectivity index (χ4v) is 2.83. The van der Waals surface area contributed by atoms with Gasteiger partial charge in [0.25, 0.3) is 17.5 Å². The van der Waals surface area contributed by atoms with Gasteiger partial charge < -0.3 is 9.90 Å². The van der Waals surface area contributed by atoms with Gasteiger partial charge in [0, 0.05) is 28.8 Å². The summed E-state index contributed by atoms with van der Waals surface area (Å²) in [5.74, 6) is -2.84. The van der Waals surface area contributed by atoms with Crippen molar-refractivity contribution >= 4 is 23.5 Å². The van der Waals surface area contributed by atoms with Gasteiger partial charge in [0.1, 0.15) is 0 Å². The van der Waals surface area contributed by atoms with Crippen LogP contribution in [0.5, 0.6) is 0 Å². The largest absolute Gasteiger partial charge is 0.545 e. The lowest BCUT2D eigenvalue weighted by Crippen LogP contribution is -2.41. The maximum Gasteiger partial charge on any atom is 0.270 e. The van der Waals surface area contributed by atoms with Crippen molar-refractivity contribution in [2.24, 2.45) is 0 Å². The zero-order chi connectivity index (χ0) is 21.7. The van der Waals surface area contributed by atoms with Gasteiger partial charge in [-0.05, 0) is 23.3 Å². The maximum absolute atomic E-state index is 12.6. The van der Waals surface area contributed by atoms with Gasteiger partial charge in [0.15, 0.2) is 0 Å². The van der Waals surface area contributed by atoms with Crippen molar-refractivity contribution in [1.82, 2.24) is 10.9 Å². The molecule has 0 aliphatic carbocycles. The first kappa shape index (κ1) is 20.2. The van der Waals surface area contributed by atoms with Crippen molar-refractivity contribution in [3.05, 3.63) is 99.6 Å². The van der Waals surface area contributed by atoms with Crippen LogP contribution in [0.1, 0.15) is 31.1 Å². The van der Waals surface area contributed by atoms with Gasteiger partial charge in [-0.25, -0.2) is 0 Å². The Morgan fingerprint density at radius 2 is 1.30 bits per heavy atom. The molecule has 0 bridgehead atoms. The standard InChI is InChI=1S/C21H15N3O6/c25-19(13-6-5-7-14(12-13)24(29)30)22-23-20(26)17-10-3-1-8-15(17)16-9-2-4-11-18(16)21(27)28/h1-12H,(H,22,25)(H,23,26)(H,27,28)/p-1. The van der Waals surface area contributed by atoms with Crippen molar-refractivity contribution < 1.29 is 24.4 Å². The number of carboxylic acids is 1. The second-order valence-corrected chi connectivity index (χ2v) is 6.09. The van der Waals surface area contributed by atoms with Gasteiger partial charge in [0.2, 0.25) is 0 Å². The minimum atomic E-state index is -1.39. The number of nitro groups is 1. The average molecular weight is 404 g/mol. The highest BCUT2D eigenvalue weighted by atomic mass is 16.6. The van der Waals surface area contributed by atoms with Crippen LogP contribution < -0.4 is 16.0 Å². The number of hydrazine groups is 1. The van der Waals surface area contributed by atoms with E-state index in [2.05, 4.69) is 10.9 Å². The number of carbonyl (C=O) groups excluding carboxylic acids is 3. The number of non-ortho nitro benzene ring substituents is 1. The molecule has 0 fully saturated rings. The minimum Gasteiger partial charge on any atom is -0.545 e. The predicted molar refractivity (Wildman–Crippen MR) is 104 cm³/mol. The highest BCUT2D eigenvalue weighted by molar-refractivity contribution is 6.05. The Kier molecular flexibility index (Phi) is 5.83. The van der Waals surface area contributed by atoms with Crippen LogP contribution in [0.15, 0.2) is 72.8 Å². The molecule has 0 unspecified atom stereocenters. The number of hydrogen-bond acceptors (Lipinski definition) is 6. The van der Waals surface area contributed by atoms with Gasteiger partial charge in [-0.1, -0.05) is 48.5 Å². The Bertz CT molecular complexity index is 1160. The second kappa shape index (κ2) is 8.65. The van der Waals surface area contributed by atoms with Crippen molar-refractivity contribution in [3.63, 3.8) is 0 Å². The summed E-state index contributed by atoms with van der Waals surface area (Å²) < 4.78 is 0. The molecule has 0 heterocycles. The fourth-order valence-electron chi connectivity index (χ4n) is 2.83. The zero-order valence-corrected chi connectivity index (χ0v) is 15.3. The van der Waals surface area contributed by atoms with Crippen molar-refractivity contribution in [3.8, 4) is 11.1 Å². The first-order valence-electron chi connectivity index (χ1n) is 8.63. The highest BCUT2D eigenvalue weighted by Crippen LogP contribution is 2.27. The Morgan fingerprint density at radius 1 is 0.733 bits per heavy atom. The van der Waals surface area contributed by atoms with Crippen LogP contribution in [0.3, 0.4) is 0 Å². The molecular weight excluding hydrogens is 390 g/mol. The van der Waals surface area contributed by atoms with E-state index in [-0.39, 0.29) is 27.9 Å². The number of benzene rings is 3. The fraction of sp³-hybridized carbons (Fsp3) is 0. The van der Waals surface area contributed by atoms with Crippen molar-refractivity contribution in [2.75, 3.05) is 0 Å². The molecule has 3 rings (SSSR count). The molecule has 0 spiro atoms. The number of aromatic carboxylic acids is 1. The third-order valence-electron chi connectivity index (χ3n) is 4.22. The lowest BCUT2D eigenvalue weighted by molar-refractivity contribution is -0.384. The molecule has 0 aliphatic rings. The Balaban J connectivity index is 1.82. The number of hydrogen-bond donors (Lipinski definition) is 2. The van der Waals surface area contributed by atoms with E-state index in [1.165, 1.54) is 36.4 Å². The molecule has 9 heteroatoms. The monoisotopic (exact) mass is 404 g/mol. The lowest BCUT2D eigenvalue weighted by Gasteiger charge is -2.14. The molecule has 0 radical (unpaired) electrons. The number of nitro benzene ring substituents is 1. The molecule has 30 heavy (non-hydrogen) atoms. The molecule has 150 valence electrons. The van der Waals surface area contributed by atoms with Crippen molar-refractivity contribution in [1.29, 1.82) is 0 Å². The Hall–Kier alpha value is -4.53. The van der Waals surface area contributed by atoms with Gasteiger partial charge >= 0.3 is 0 Å². The van der Waals surface area contributed by atoms with Crippen LogP contribution in [0, 0.1) is 10.1 Å². The van der Waals surface area contributed by atoms with Crippen LogP contribution in [-0.2, 0) is 0 Å². The summed E-state index contributed by atoms with van der Waals surface area (Å²) in [4.78, 5) is 46.5. The summed E-state index contributed by atoms with van der Waals surface area (Å²) in [7, 11) is 0. The summed E-state index contributed by atoms with van der Waals surface area (Å²) in [5.41, 5.74) is 4.79. The Labute approximate surface area is 170 Å². The summed E-state index contributed by atoms with van der Waals surface area (Å²) >= 11 is 0. The van der Waals surface area contributed by atoms with Gasteiger partial charge in [-0.2, -0.15) is 0 Å². The molecule has 2 amide bonds. The van der Waals surface area contributed by atoms with E-state index in [1.54, 1.807) is 30.3 Å². The molecule has 3 aromatic rings. The summed E-state index contributed by atoms with van der Waals surface area (Å²) in [6.07, 6.45) is 0. The zero-order valence-electron chi connectivity index (χ0n) is 15.3.